The third kappa shape index (κ3) is 5.34. The van der Waals surface area contributed by atoms with Crippen LogP contribution in [-0.2, 0) is 30.1 Å². The molecule has 2 aliphatic rings. The summed E-state index contributed by atoms with van der Waals surface area (Å²) >= 11 is 0. The van der Waals surface area contributed by atoms with Crippen molar-refractivity contribution in [3.63, 3.8) is 0 Å². The fourth-order valence-electron chi connectivity index (χ4n) is 4.61. The van der Waals surface area contributed by atoms with E-state index in [-0.39, 0.29) is 47.2 Å². The van der Waals surface area contributed by atoms with E-state index in [1.165, 1.54) is 13.0 Å². The molecular formula is C26H40N4O5Si. The van der Waals surface area contributed by atoms with Crippen molar-refractivity contribution in [1.82, 2.24) is 20.0 Å². The second kappa shape index (κ2) is 10.3. The summed E-state index contributed by atoms with van der Waals surface area (Å²) < 4.78 is 13.7. The van der Waals surface area contributed by atoms with E-state index in [1.807, 2.05) is 19.9 Å². The van der Waals surface area contributed by atoms with Gasteiger partial charge >= 0.3 is 5.97 Å². The zero-order chi connectivity index (χ0) is 27.0. The maximum atomic E-state index is 13.4. The van der Waals surface area contributed by atoms with E-state index >= 15 is 0 Å². The van der Waals surface area contributed by atoms with Crippen molar-refractivity contribution >= 4 is 31.7 Å². The molecule has 2 aliphatic heterocycles. The zero-order valence-electron chi connectivity index (χ0n) is 22.8. The molecule has 0 saturated carbocycles. The average molecular weight is 517 g/mol. The van der Waals surface area contributed by atoms with Gasteiger partial charge in [0, 0.05) is 24.7 Å². The number of ether oxygens (including phenoxy) is 1. The number of amides is 2. The van der Waals surface area contributed by atoms with Gasteiger partial charge in [-0.25, -0.2) is 4.79 Å². The molecule has 0 radical (unpaired) electrons. The number of carbonyl (C=O) groups is 3. The fourth-order valence-corrected chi connectivity index (χ4v) is 6.04. The third-order valence-electron chi connectivity index (χ3n) is 7.51. The van der Waals surface area contributed by atoms with E-state index < -0.39 is 14.3 Å². The lowest BCUT2D eigenvalue weighted by Gasteiger charge is -2.48. The van der Waals surface area contributed by atoms with Crippen molar-refractivity contribution < 1.29 is 23.5 Å². The van der Waals surface area contributed by atoms with Crippen LogP contribution in [0.3, 0.4) is 0 Å². The van der Waals surface area contributed by atoms with E-state index in [2.05, 4.69) is 45.8 Å². The number of hydrogen-bond acceptors (Lipinski definition) is 6. The Morgan fingerprint density at radius 1 is 1.36 bits per heavy atom. The van der Waals surface area contributed by atoms with Crippen LogP contribution in [0.15, 0.2) is 24.4 Å². The zero-order valence-corrected chi connectivity index (χ0v) is 23.8. The molecule has 9 nitrogen and oxygen atoms in total. The second-order valence-electron chi connectivity index (χ2n) is 11.2. The standard InChI is InChI=1S/C26H40N4O5Si/c1-10-13-34-25(33)23-19(20-14-16(2)29(28-20)12-11-27-18(4)31)15-21-22(24(32)30(21)23)17(3)35-36(8,9)26(5,6)7/h10,14,17,21-22H,1,11-13,15H2,2-9H3,(H,27,31)/t17-,21-,22-/m1/s1. The number of carbonyl (C=O) groups excluding carboxylic acids is 3. The normalized spacial score (nSPS) is 20.7. The molecule has 3 rings (SSSR count). The first-order valence-electron chi connectivity index (χ1n) is 12.5. The van der Waals surface area contributed by atoms with Crippen molar-refractivity contribution in [3.05, 3.63) is 35.8 Å². The topological polar surface area (TPSA) is 103 Å². The van der Waals surface area contributed by atoms with Crippen LogP contribution in [0.2, 0.25) is 18.1 Å². The van der Waals surface area contributed by atoms with Crippen molar-refractivity contribution in [3.8, 4) is 0 Å². The monoisotopic (exact) mass is 516 g/mol. The first kappa shape index (κ1) is 27.9. The summed E-state index contributed by atoms with van der Waals surface area (Å²) in [4.78, 5) is 39.3. The minimum absolute atomic E-state index is 0.0219. The molecule has 36 heavy (non-hydrogen) atoms. The van der Waals surface area contributed by atoms with Crippen LogP contribution in [0, 0.1) is 12.8 Å². The number of fused-ring (bicyclic) bond motifs is 1. The summed E-state index contributed by atoms with van der Waals surface area (Å²) in [5, 5.41) is 7.49. The molecule has 1 aromatic heterocycles. The van der Waals surface area contributed by atoms with E-state index in [9.17, 15) is 14.4 Å². The van der Waals surface area contributed by atoms with Crippen LogP contribution < -0.4 is 5.32 Å². The van der Waals surface area contributed by atoms with Crippen molar-refractivity contribution in [2.75, 3.05) is 13.2 Å². The highest BCUT2D eigenvalue weighted by atomic mass is 28.4. The molecule has 3 heterocycles. The fraction of sp³-hybridized carbons (Fsp3) is 0.615. The summed E-state index contributed by atoms with van der Waals surface area (Å²) in [6, 6.07) is 1.73. The van der Waals surface area contributed by atoms with E-state index in [4.69, 9.17) is 14.3 Å². The molecule has 1 saturated heterocycles. The number of rotatable bonds is 10. The summed E-state index contributed by atoms with van der Waals surface area (Å²) in [5.41, 5.74) is 2.49. The molecule has 10 heteroatoms. The van der Waals surface area contributed by atoms with Crippen molar-refractivity contribution in [2.24, 2.45) is 5.92 Å². The molecule has 3 atom stereocenters. The molecule has 198 valence electrons. The smallest absolute Gasteiger partial charge is 0.355 e. The summed E-state index contributed by atoms with van der Waals surface area (Å²) in [5.74, 6) is -1.10. The largest absolute Gasteiger partial charge is 0.457 e. The number of β-lactam (4-membered cyclic amide) rings is 1. The summed E-state index contributed by atoms with van der Waals surface area (Å²) in [6.45, 7) is 20.9. The molecule has 1 N–H and O–H groups in total. The molecule has 0 aliphatic carbocycles. The Morgan fingerprint density at radius 3 is 2.61 bits per heavy atom. The van der Waals surface area contributed by atoms with Gasteiger partial charge in [0.2, 0.25) is 11.8 Å². The SMILES string of the molecule is C=CCOC(=O)C1=C(c2cc(C)n(CCNC(C)=O)n2)C[C@@H]2[C@@H]([C@@H](C)O[Si](C)(C)C(C)(C)C)C(=O)N12. The van der Waals surface area contributed by atoms with E-state index in [0.29, 0.717) is 30.8 Å². The van der Waals surface area contributed by atoms with Gasteiger partial charge in [-0.1, -0.05) is 33.4 Å². The Kier molecular flexibility index (Phi) is 8.00. The molecule has 0 spiro atoms. The Labute approximate surface area is 215 Å². The number of nitrogens with one attached hydrogen (secondary N) is 1. The molecule has 0 bridgehead atoms. The van der Waals surface area contributed by atoms with Crippen molar-refractivity contribution in [2.45, 2.75) is 84.8 Å². The second-order valence-corrected chi connectivity index (χ2v) is 15.9. The number of esters is 1. The van der Waals surface area contributed by atoms with Gasteiger partial charge in [0.05, 0.1) is 30.3 Å². The molecule has 1 aromatic rings. The highest BCUT2D eigenvalue weighted by Gasteiger charge is 2.58. The van der Waals surface area contributed by atoms with Gasteiger partial charge in [-0.3, -0.25) is 14.3 Å². The van der Waals surface area contributed by atoms with Gasteiger partial charge in [-0.2, -0.15) is 5.10 Å². The number of nitrogens with zero attached hydrogens (tertiary/aromatic N) is 3. The summed E-state index contributed by atoms with van der Waals surface area (Å²) in [7, 11) is -2.08. The Bertz CT molecular complexity index is 1080. The third-order valence-corrected chi connectivity index (χ3v) is 12.1. The maximum absolute atomic E-state index is 13.4. The van der Waals surface area contributed by atoms with E-state index in [0.717, 1.165) is 5.69 Å². The maximum Gasteiger partial charge on any atom is 0.355 e. The Balaban J connectivity index is 1.89. The molecule has 1 fully saturated rings. The molecule has 0 aromatic carbocycles. The van der Waals surface area contributed by atoms with Crippen LogP contribution in [-0.4, -0.2) is 66.1 Å². The number of aryl methyl sites for hydroxylation is 1. The van der Waals surface area contributed by atoms with Crippen molar-refractivity contribution in [1.29, 1.82) is 0 Å². The lowest BCUT2D eigenvalue weighted by molar-refractivity contribution is -0.161. The Morgan fingerprint density at radius 2 is 2.03 bits per heavy atom. The first-order valence-corrected chi connectivity index (χ1v) is 15.4. The summed E-state index contributed by atoms with van der Waals surface area (Å²) in [6.07, 6.45) is 1.74. The predicted octanol–water partition coefficient (Wildman–Crippen LogP) is 3.41. The molecule has 0 unspecified atom stereocenters. The molecule has 2 amide bonds. The van der Waals surface area contributed by atoms with Crippen LogP contribution in [0.1, 0.15) is 52.4 Å². The quantitative estimate of drug-likeness (QED) is 0.221. The van der Waals surface area contributed by atoms with Gasteiger partial charge in [-0.05, 0) is 44.5 Å². The molecular weight excluding hydrogens is 476 g/mol. The highest BCUT2D eigenvalue weighted by Crippen LogP contribution is 2.49. The lowest BCUT2D eigenvalue weighted by Crippen LogP contribution is -2.63. The van der Waals surface area contributed by atoms with Gasteiger partial charge in [-0.15, -0.1) is 0 Å². The minimum Gasteiger partial charge on any atom is -0.457 e. The lowest BCUT2D eigenvalue weighted by atomic mass is 9.83. The Hall–Kier alpha value is -2.72. The first-order chi connectivity index (χ1) is 16.7. The van der Waals surface area contributed by atoms with Crippen LogP contribution >= 0.6 is 0 Å². The minimum atomic E-state index is -2.08. The average Bonchev–Trinajstić information content (AvgIpc) is 3.28. The van der Waals surface area contributed by atoms with Crippen LogP contribution in [0.25, 0.3) is 5.57 Å². The predicted molar refractivity (Wildman–Crippen MR) is 140 cm³/mol. The number of hydrogen-bond donors (Lipinski definition) is 1. The van der Waals surface area contributed by atoms with Crippen LogP contribution in [0.4, 0.5) is 0 Å². The van der Waals surface area contributed by atoms with Gasteiger partial charge in [0.15, 0.2) is 8.32 Å². The van der Waals surface area contributed by atoms with E-state index in [1.54, 1.807) is 9.58 Å². The highest BCUT2D eigenvalue weighted by molar-refractivity contribution is 6.74. The van der Waals surface area contributed by atoms with Gasteiger partial charge in [0.25, 0.3) is 0 Å². The van der Waals surface area contributed by atoms with Crippen LogP contribution in [0.5, 0.6) is 0 Å². The number of aromatic nitrogens is 2. The van der Waals surface area contributed by atoms with Gasteiger partial charge < -0.3 is 19.4 Å². The van der Waals surface area contributed by atoms with Gasteiger partial charge in [0.1, 0.15) is 12.3 Å².